The molecule has 0 bridgehead atoms. The van der Waals surface area contributed by atoms with Gasteiger partial charge < -0.3 is 39.2 Å². The fraction of sp³-hybridized carbons (Fsp3) is 0.300. The lowest BCUT2D eigenvalue weighted by Crippen LogP contribution is -2.13. The van der Waals surface area contributed by atoms with Gasteiger partial charge >= 0.3 is 11.9 Å². The molecule has 0 aromatic heterocycles. The molecule has 0 saturated heterocycles. The maximum absolute atomic E-state index is 9.10. The van der Waals surface area contributed by atoms with Crippen molar-refractivity contribution in [2.24, 2.45) is 0 Å². The molecule has 3 N–H and O–H groups in total. The average molecular weight is 421 g/mol. The summed E-state index contributed by atoms with van der Waals surface area (Å²) in [5.41, 5.74) is 2.12. The summed E-state index contributed by atoms with van der Waals surface area (Å²) in [6, 6.07) is 9.77. The lowest BCUT2D eigenvalue weighted by atomic mass is 10.1. The van der Waals surface area contributed by atoms with Crippen LogP contribution in [0.4, 0.5) is 0 Å². The number of ether oxygens (including phenoxy) is 5. The fourth-order valence-electron chi connectivity index (χ4n) is 2.69. The second-order valence-corrected chi connectivity index (χ2v) is 5.89. The van der Waals surface area contributed by atoms with Crippen molar-refractivity contribution >= 4 is 11.9 Å². The molecule has 1 aliphatic heterocycles. The zero-order valence-electron chi connectivity index (χ0n) is 16.8. The molecule has 2 aromatic carbocycles. The van der Waals surface area contributed by atoms with Gasteiger partial charge in [-0.05, 0) is 23.8 Å². The van der Waals surface area contributed by atoms with Crippen LogP contribution in [0.1, 0.15) is 11.1 Å². The van der Waals surface area contributed by atoms with Gasteiger partial charge in [0.05, 0.1) is 21.3 Å². The average Bonchev–Trinajstić information content (AvgIpc) is 3.21. The van der Waals surface area contributed by atoms with E-state index < -0.39 is 11.9 Å². The van der Waals surface area contributed by atoms with Crippen LogP contribution in [0, 0.1) is 0 Å². The minimum absolute atomic E-state index is 0.287. The summed E-state index contributed by atoms with van der Waals surface area (Å²) in [4.78, 5) is 18.2. The first kappa shape index (κ1) is 22.6. The first-order valence-electron chi connectivity index (χ1n) is 8.74. The van der Waals surface area contributed by atoms with Crippen molar-refractivity contribution in [3.05, 3.63) is 41.5 Å². The van der Waals surface area contributed by atoms with Gasteiger partial charge in [0.2, 0.25) is 12.5 Å². The summed E-state index contributed by atoms with van der Waals surface area (Å²) >= 11 is 0. The molecule has 0 saturated carbocycles. The smallest absolute Gasteiger partial charge is 0.414 e. The van der Waals surface area contributed by atoms with E-state index in [0.717, 1.165) is 22.6 Å². The second kappa shape index (κ2) is 10.8. The van der Waals surface area contributed by atoms with Crippen LogP contribution in [-0.4, -0.2) is 50.3 Å². The molecule has 0 unspecified atom stereocenters. The Labute approximate surface area is 172 Å². The quantitative estimate of drug-likeness (QED) is 0.569. The third kappa shape index (κ3) is 5.67. The van der Waals surface area contributed by atoms with Gasteiger partial charge in [0.15, 0.2) is 23.0 Å². The van der Waals surface area contributed by atoms with Crippen LogP contribution in [0.5, 0.6) is 28.7 Å². The Hall–Kier alpha value is -3.66. The van der Waals surface area contributed by atoms with Gasteiger partial charge in [-0.3, -0.25) is 0 Å². The predicted molar refractivity (Wildman–Crippen MR) is 104 cm³/mol. The molecule has 1 aliphatic rings. The van der Waals surface area contributed by atoms with Crippen molar-refractivity contribution in [2.45, 2.75) is 13.1 Å². The highest BCUT2D eigenvalue weighted by Crippen LogP contribution is 2.39. The van der Waals surface area contributed by atoms with Gasteiger partial charge in [0.1, 0.15) is 0 Å². The first-order valence-corrected chi connectivity index (χ1v) is 8.74. The summed E-state index contributed by atoms with van der Waals surface area (Å²) in [6.07, 6.45) is 0. The van der Waals surface area contributed by atoms with Gasteiger partial charge in [0.25, 0.3) is 0 Å². The molecule has 0 fully saturated rings. The van der Waals surface area contributed by atoms with E-state index in [4.69, 9.17) is 43.5 Å². The molecule has 0 radical (unpaired) electrons. The highest BCUT2D eigenvalue weighted by molar-refractivity contribution is 6.27. The van der Waals surface area contributed by atoms with Gasteiger partial charge in [-0.2, -0.15) is 0 Å². The molecule has 0 atom stereocenters. The number of fused-ring (bicyclic) bond motifs is 1. The van der Waals surface area contributed by atoms with Gasteiger partial charge in [-0.15, -0.1) is 0 Å². The third-order valence-corrected chi connectivity index (χ3v) is 4.05. The van der Waals surface area contributed by atoms with Crippen molar-refractivity contribution in [1.82, 2.24) is 5.32 Å². The highest BCUT2D eigenvalue weighted by Gasteiger charge is 2.16. The molecule has 10 nitrogen and oxygen atoms in total. The molecule has 0 spiro atoms. The normalized spacial score (nSPS) is 11.2. The van der Waals surface area contributed by atoms with Crippen LogP contribution < -0.4 is 29.0 Å². The number of carboxylic acid groups (broad SMARTS) is 2. The standard InChI is InChI=1S/C18H21NO5.C2H2O4/c1-20-15-7-5-13(17(21-2)18(15)22-3)10-19-9-12-4-6-14-16(8-12)24-11-23-14;3-1(4)2(5)6/h4-8,19H,9-11H2,1-3H3;(H,3,4)(H,5,6). The molecular weight excluding hydrogens is 398 g/mol. The summed E-state index contributed by atoms with van der Waals surface area (Å²) in [5, 5.41) is 18.2. The Kier molecular flexibility index (Phi) is 8.12. The molecule has 2 aromatic rings. The number of hydrogen-bond acceptors (Lipinski definition) is 8. The van der Waals surface area contributed by atoms with E-state index in [1.807, 2.05) is 30.3 Å². The number of methoxy groups -OCH3 is 3. The number of benzene rings is 2. The third-order valence-electron chi connectivity index (χ3n) is 4.05. The predicted octanol–water partition coefficient (Wildman–Crippen LogP) is 1.89. The van der Waals surface area contributed by atoms with Crippen molar-refractivity contribution < 1.29 is 43.5 Å². The van der Waals surface area contributed by atoms with Gasteiger partial charge in [0, 0.05) is 18.7 Å². The van der Waals surface area contributed by atoms with Crippen LogP contribution in [0.2, 0.25) is 0 Å². The Bertz CT molecular complexity index is 886. The van der Waals surface area contributed by atoms with E-state index in [9.17, 15) is 0 Å². The number of carboxylic acids is 2. The Morgan fingerprint density at radius 3 is 2.17 bits per heavy atom. The van der Waals surface area contributed by atoms with Crippen LogP contribution in [0.3, 0.4) is 0 Å². The number of hydrogen-bond donors (Lipinski definition) is 3. The van der Waals surface area contributed by atoms with E-state index in [0.29, 0.717) is 30.3 Å². The molecule has 162 valence electrons. The Morgan fingerprint density at radius 1 is 0.900 bits per heavy atom. The largest absolute Gasteiger partial charge is 0.493 e. The molecule has 0 aliphatic carbocycles. The van der Waals surface area contributed by atoms with E-state index in [1.165, 1.54) is 0 Å². The minimum atomic E-state index is -1.82. The van der Waals surface area contributed by atoms with Crippen molar-refractivity contribution in [1.29, 1.82) is 0 Å². The van der Waals surface area contributed by atoms with E-state index in [2.05, 4.69) is 5.32 Å². The number of aliphatic carboxylic acids is 2. The van der Waals surface area contributed by atoms with E-state index in [-0.39, 0.29) is 6.79 Å². The zero-order valence-corrected chi connectivity index (χ0v) is 16.8. The fourth-order valence-corrected chi connectivity index (χ4v) is 2.69. The topological polar surface area (TPSA) is 133 Å². The number of carbonyl (C=O) groups is 2. The van der Waals surface area contributed by atoms with Gasteiger partial charge in [-0.1, -0.05) is 12.1 Å². The molecular formula is C20H23NO9. The van der Waals surface area contributed by atoms with Gasteiger partial charge in [-0.25, -0.2) is 9.59 Å². The Morgan fingerprint density at radius 2 is 1.57 bits per heavy atom. The lowest BCUT2D eigenvalue weighted by molar-refractivity contribution is -0.159. The van der Waals surface area contributed by atoms with Crippen LogP contribution in [-0.2, 0) is 22.7 Å². The minimum Gasteiger partial charge on any atom is -0.493 e. The number of rotatable bonds is 7. The summed E-state index contributed by atoms with van der Waals surface area (Å²) in [7, 11) is 4.83. The van der Waals surface area contributed by atoms with Crippen LogP contribution in [0.25, 0.3) is 0 Å². The number of nitrogens with one attached hydrogen (secondary N) is 1. The summed E-state index contributed by atoms with van der Waals surface area (Å²) < 4.78 is 26.9. The van der Waals surface area contributed by atoms with Crippen molar-refractivity contribution in [3.8, 4) is 28.7 Å². The molecule has 1 heterocycles. The maximum atomic E-state index is 9.10. The summed E-state index contributed by atoms with van der Waals surface area (Å²) in [5.74, 6) is -0.144. The molecule has 10 heteroatoms. The molecule has 0 amide bonds. The lowest BCUT2D eigenvalue weighted by Gasteiger charge is -2.16. The Balaban J connectivity index is 0.000000469. The van der Waals surface area contributed by atoms with E-state index >= 15 is 0 Å². The first-order chi connectivity index (χ1) is 14.4. The van der Waals surface area contributed by atoms with Crippen LogP contribution in [0.15, 0.2) is 30.3 Å². The zero-order chi connectivity index (χ0) is 22.1. The van der Waals surface area contributed by atoms with Crippen molar-refractivity contribution in [2.75, 3.05) is 28.1 Å². The van der Waals surface area contributed by atoms with Crippen LogP contribution >= 0.6 is 0 Å². The second-order valence-electron chi connectivity index (χ2n) is 5.89. The molecule has 3 rings (SSSR count). The van der Waals surface area contributed by atoms with E-state index in [1.54, 1.807) is 21.3 Å². The maximum Gasteiger partial charge on any atom is 0.414 e. The van der Waals surface area contributed by atoms with Crippen molar-refractivity contribution in [3.63, 3.8) is 0 Å². The highest BCUT2D eigenvalue weighted by atomic mass is 16.7. The SMILES string of the molecule is COc1ccc(CNCc2ccc3c(c2)OCO3)c(OC)c1OC.O=C(O)C(=O)O. The summed E-state index contributed by atoms with van der Waals surface area (Å²) in [6.45, 7) is 1.63. The molecule has 30 heavy (non-hydrogen) atoms. The monoisotopic (exact) mass is 421 g/mol.